The number of hydrogen-bond donors (Lipinski definition) is 0. The largest absolute Gasteiger partial charge is 0.490 e. The SMILES string of the molecule is C/C=C/COc1cc(C)c(CCCCCCCOc2c(/C=N/OC)ncn2C)c(C)c1. The van der Waals surface area contributed by atoms with Gasteiger partial charge in [0.25, 0.3) is 0 Å². The second-order valence-corrected chi connectivity index (χ2v) is 7.74. The van der Waals surface area contributed by atoms with Gasteiger partial charge in [0.15, 0.2) is 0 Å². The molecule has 2 rings (SSSR count). The molecule has 31 heavy (non-hydrogen) atoms. The third-order valence-corrected chi connectivity index (χ3v) is 5.25. The van der Waals surface area contributed by atoms with Crippen LogP contribution in [0.1, 0.15) is 61.4 Å². The minimum atomic E-state index is 0.626. The van der Waals surface area contributed by atoms with Crippen LogP contribution in [0.2, 0.25) is 0 Å². The molecule has 0 saturated heterocycles. The first-order valence-electron chi connectivity index (χ1n) is 11.1. The molecule has 2 aromatic rings. The Hall–Kier alpha value is -2.76. The highest BCUT2D eigenvalue weighted by atomic mass is 16.6. The summed E-state index contributed by atoms with van der Waals surface area (Å²) in [6.07, 6.45) is 14.3. The number of nitrogens with zero attached hydrogens (tertiary/aromatic N) is 3. The number of imidazole rings is 1. The Morgan fingerprint density at radius 3 is 2.45 bits per heavy atom. The third kappa shape index (κ3) is 8.12. The van der Waals surface area contributed by atoms with E-state index in [1.54, 1.807) is 12.5 Å². The van der Waals surface area contributed by atoms with Crippen molar-refractivity contribution in [3.8, 4) is 11.6 Å². The van der Waals surface area contributed by atoms with Crippen LogP contribution in [-0.2, 0) is 18.3 Å². The molecule has 6 nitrogen and oxygen atoms in total. The average molecular weight is 428 g/mol. The molecule has 0 amide bonds. The van der Waals surface area contributed by atoms with Gasteiger partial charge in [-0.15, -0.1) is 0 Å². The zero-order valence-electron chi connectivity index (χ0n) is 19.7. The number of unbranched alkanes of at least 4 members (excludes halogenated alkanes) is 4. The van der Waals surface area contributed by atoms with Crippen molar-refractivity contribution in [2.24, 2.45) is 12.2 Å². The molecule has 0 aliphatic carbocycles. The van der Waals surface area contributed by atoms with Crippen molar-refractivity contribution in [2.75, 3.05) is 20.3 Å². The van der Waals surface area contributed by atoms with Gasteiger partial charge < -0.3 is 18.9 Å². The van der Waals surface area contributed by atoms with Crippen molar-refractivity contribution in [3.05, 3.63) is 53.0 Å². The summed E-state index contributed by atoms with van der Waals surface area (Å²) in [5.41, 5.74) is 4.80. The molecule has 0 unspecified atom stereocenters. The van der Waals surface area contributed by atoms with Gasteiger partial charge in [0.2, 0.25) is 5.88 Å². The minimum absolute atomic E-state index is 0.626. The van der Waals surface area contributed by atoms with Crippen LogP contribution < -0.4 is 9.47 Å². The van der Waals surface area contributed by atoms with Gasteiger partial charge in [-0.3, -0.25) is 0 Å². The van der Waals surface area contributed by atoms with Crippen molar-refractivity contribution < 1.29 is 14.3 Å². The molecular weight excluding hydrogens is 390 g/mol. The molecule has 0 radical (unpaired) electrons. The highest BCUT2D eigenvalue weighted by Gasteiger charge is 2.09. The number of allylic oxidation sites excluding steroid dienone is 1. The van der Waals surface area contributed by atoms with E-state index in [1.807, 2.05) is 30.7 Å². The number of hydrogen-bond acceptors (Lipinski definition) is 5. The number of benzene rings is 1. The highest BCUT2D eigenvalue weighted by molar-refractivity contribution is 5.79. The van der Waals surface area contributed by atoms with E-state index in [4.69, 9.17) is 14.3 Å². The smallest absolute Gasteiger partial charge is 0.222 e. The van der Waals surface area contributed by atoms with E-state index in [2.05, 4.69) is 36.1 Å². The van der Waals surface area contributed by atoms with Crippen LogP contribution in [0.15, 0.2) is 35.8 Å². The second-order valence-electron chi connectivity index (χ2n) is 7.74. The monoisotopic (exact) mass is 427 g/mol. The first-order chi connectivity index (χ1) is 15.1. The summed E-state index contributed by atoms with van der Waals surface area (Å²) in [5, 5.41) is 3.76. The average Bonchev–Trinajstić information content (AvgIpc) is 3.09. The van der Waals surface area contributed by atoms with Crippen LogP contribution in [0, 0.1) is 13.8 Å². The van der Waals surface area contributed by atoms with Gasteiger partial charge in [0, 0.05) is 7.05 Å². The summed E-state index contributed by atoms with van der Waals surface area (Å²) in [6.45, 7) is 7.69. The molecule has 0 aliphatic rings. The van der Waals surface area contributed by atoms with E-state index >= 15 is 0 Å². The van der Waals surface area contributed by atoms with E-state index in [-0.39, 0.29) is 0 Å². The van der Waals surface area contributed by atoms with Crippen LogP contribution in [-0.4, -0.2) is 36.1 Å². The zero-order chi connectivity index (χ0) is 22.5. The van der Waals surface area contributed by atoms with E-state index in [9.17, 15) is 0 Å². The summed E-state index contributed by atoms with van der Waals surface area (Å²) in [4.78, 5) is 8.98. The Kier molecular flexibility index (Phi) is 10.7. The fourth-order valence-corrected chi connectivity index (χ4v) is 3.58. The summed E-state index contributed by atoms with van der Waals surface area (Å²) in [7, 11) is 3.43. The van der Waals surface area contributed by atoms with Crippen molar-refractivity contribution in [2.45, 2.75) is 59.3 Å². The van der Waals surface area contributed by atoms with E-state index < -0.39 is 0 Å². The van der Waals surface area contributed by atoms with Gasteiger partial charge in [-0.25, -0.2) is 4.98 Å². The predicted molar refractivity (Wildman–Crippen MR) is 126 cm³/mol. The topological polar surface area (TPSA) is 57.9 Å². The Morgan fingerprint density at radius 1 is 1.03 bits per heavy atom. The molecule has 170 valence electrons. The van der Waals surface area contributed by atoms with Crippen LogP contribution >= 0.6 is 0 Å². The molecule has 0 spiro atoms. The molecular formula is C25H37N3O3. The third-order valence-electron chi connectivity index (χ3n) is 5.25. The minimum Gasteiger partial charge on any atom is -0.490 e. The molecule has 0 N–H and O–H groups in total. The van der Waals surface area contributed by atoms with Gasteiger partial charge in [-0.2, -0.15) is 0 Å². The molecule has 1 aromatic carbocycles. The standard InChI is InChI=1S/C25H37N3O3/c1-6-7-14-30-22-16-20(2)23(21(3)17-22)13-11-9-8-10-12-15-31-25-24(18-27-29-5)26-19-28(25)4/h6-7,16-19H,8-15H2,1-5H3/b7-6+,27-18+. The lowest BCUT2D eigenvalue weighted by Gasteiger charge is -2.13. The number of aromatic nitrogens is 2. The first kappa shape index (κ1) is 24.5. The normalized spacial score (nSPS) is 11.5. The Bertz CT molecular complexity index is 833. The molecule has 0 fully saturated rings. The van der Waals surface area contributed by atoms with Gasteiger partial charge in [-0.05, 0) is 68.9 Å². The van der Waals surface area contributed by atoms with Gasteiger partial charge in [0.1, 0.15) is 25.2 Å². The lowest BCUT2D eigenvalue weighted by atomic mass is 9.96. The lowest BCUT2D eigenvalue weighted by Crippen LogP contribution is -2.03. The van der Waals surface area contributed by atoms with Gasteiger partial charge >= 0.3 is 0 Å². The first-order valence-corrected chi connectivity index (χ1v) is 11.1. The Morgan fingerprint density at radius 2 is 1.74 bits per heavy atom. The Balaban J connectivity index is 1.66. The summed E-state index contributed by atoms with van der Waals surface area (Å²) in [5.74, 6) is 1.69. The van der Waals surface area contributed by atoms with Crippen molar-refractivity contribution >= 4 is 6.21 Å². The Labute approximate surface area is 186 Å². The fraction of sp³-hybridized carbons (Fsp3) is 0.520. The van der Waals surface area contributed by atoms with Crippen molar-refractivity contribution in [1.82, 2.24) is 9.55 Å². The number of ether oxygens (including phenoxy) is 2. The van der Waals surface area contributed by atoms with E-state index in [0.29, 0.717) is 18.9 Å². The number of aryl methyl sites for hydroxylation is 3. The zero-order valence-corrected chi connectivity index (χ0v) is 19.7. The van der Waals surface area contributed by atoms with Crippen molar-refractivity contribution in [3.63, 3.8) is 0 Å². The maximum atomic E-state index is 5.90. The van der Waals surface area contributed by atoms with Crippen LogP contribution in [0.25, 0.3) is 0 Å². The van der Waals surface area contributed by atoms with Gasteiger partial charge in [-0.1, -0.05) is 36.6 Å². The van der Waals surface area contributed by atoms with E-state index in [1.165, 1.54) is 43.1 Å². The summed E-state index contributed by atoms with van der Waals surface area (Å²) in [6, 6.07) is 4.32. The highest BCUT2D eigenvalue weighted by Crippen LogP contribution is 2.24. The quantitative estimate of drug-likeness (QED) is 0.172. The predicted octanol–water partition coefficient (Wildman–Crippen LogP) is 5.54. The fourth-order valence-electron chi connectivity index (χ4n) is 3.58. The van der Waals surface area contributed by atoms with Crippen LogP contribution in [0.3, 0.4) is 0 Å². The summed E-state index contributed by atoms with van der Waals surface area (Å²) < 4.78 is 13.5. The lowest BCUT2D eigenvalue weighted by molar-refractivity contribution is 0.215. The maximum absolute atomic E-state index is 5.90. The molecule has 0 bridgehead atoms. The molecule has 0 saturated carbocycles. The number of rotatable bonds is 14. The number of oxime groups is 1. The molecule has 1 aromatic heterocycles. The molecule has 0 atom stereocenters. The molecule has 0 aliphatic heterocycles. The molecule has 1 heterocycles. The summed E-state index contributed by atoms with van der Waals surface area (Å²) >= 11 is 0. The molecule has 6 heteroatoms. The van der Waals surface area contributed by atoms with Crippen molar-refractivity contribution in [1.29, 1.82) is 0 Å². The van der Waals surface area contributed by atoms with Gasteiger partial charge in [0.05, 0.1) is 19.1 Å². The van der Waals surface area contributed by atoms with Crippen LogP contribution in [0.5, 0.6) is 11.6 Å². The maximum Gasteiger partial charge on any atom is 0.222 e. The van der Waals surface area contributed by atoms with Crippen LogP contribution in [0.4, 0.5) is 0 Å². The van der Waals surface area contributed by atoms with E-state index in [0.717, 1.165) is 30.9 Å². The second kappa shape index (κ2) is 13.5.